The van der Waals surface area contributed by atoms with E-state index in [0.717, 1.165) is 10.8 Å². The van der Waals surface area contributed by atoms with Crippen molar-refractivity contribution in [1.82, 2.24) is 15.3 Å². The summed E-state index contributed by atoms with van der Waals surface area (Å²) in [6.07, 6.45) is 4.67. The van der Waals surface area contributed by atoms with Crippen LogP contribution in [0.2, 0.25) is 0 Å². The zero-order valence-electron chi connectivity index (χ0n) is 14.6. The molecule has 4 rings (SSSR count). The maximum absolute atomic E-state index is 12.2. The molecular weight excluding hydrogens is 350 g/mol. The van der Waals surface area contributed by atoms with Gasteiger partial charge in [-0.25, -0.2) is 4.98 Å². The molecule has 1 N–H and O–H groups in total. The molecule has 2 aromatic heterocycles. The van der Waals surface area contributed by atoms with Crippen LogP contribution >= 0.6 is 0 Å². The number of fused-ring (bicyclic) bond motifs is 1. The lowest BCUT2D eigenvalue weighted by Crippen LogP contribution is -2.39. The van der Waals surface area contributed by atoms with E-state index < -0.39 is 0 Å². The number of oxazole rings is 1. The maximum Gasteiger partial charge on any atom is 0.273 e. The number of carbonyl (C=O) groups excluding carboxylic acids is 1. The first kappa shape index (κ1) is 17.4. The molecule has 1 aliphatic heterocycles. The van der Waals surface area contributed by atoms with Gasteiger partial charge in [-0.2, -0.15) is 0 Å². The molecule has 27 heavy (non-hydrogen) atoms. The number of nitrogens with one attached hydrogen (secondary N) is 1. The van der Waals surface area contributed by atoms with Gasteiger partial charge in [-0.15, -0.1) is 0 Å². The van der Waals surface area contributed by atoms with Gasteiger partial charge in [0.15, 0.2) is 12.3 Å². The zero-order valence-corrected chi connectivity index (χ0v) is 14.6. The van der Waals surface area contributed by atoms with E-state index in [1.165, 1.54) is 6.26 Å². The average Bonchev–Trinajstić information content (AvgIpc) is 3.20. The van der Waals surface area contributed by atoms with Gasteiger partial charge in [0.1, 0.15) is 12.0 Å². The Morgan fingerprint density at radius 2 is 2.26 bits per heavy atom. The molecule has 1 fully saturated rings. The van der Waals surface area contributed by atoms with E-state index in [9.17, 15) is 4.79 Å². The van der Waals surface area contributed by atoms with Gasteiger partial charge in [0.2, 0.25) is 5.89 Å². The van der Waals surface area contributed by atoms with Crippen LogP contribution in [0.1, 0.15) is 16.4 Å². The van der Waals surface area contributed by atoms with Crippen molar-refractivity contribution in [2.75, 3.05) is 26.4 Å². The summed E-state index contributed by atoms with van der Waals surface area (Å²) in [5.74, 6) is 0.701. The lowest BCUT2D eigenvalue weighted by molar-refractivity contribution is -0.0855. The average molecular weight is 369 g/mol. The van der Waals surface area contributed by atoms with Gasteiger partial charge in [-0.1, -0.05) is 12.1 Å². The van der Waals surface area contributed by atoms with Crippen LogP contribution in [-0.2, 0) is 16.1 Å². The third-order valence-electron chi connectivity index (χ3n) is 4.15. The Balaban J connectivity index is 1.34. The molecule has 0 unspecified atom stereocenters. The molecule has 0 bridgehead atoms. The Morgan fingerprint density at radius 1 is 1.30 bits per heavy atom. The molecule has 1 aliphatic rings. The van der Waals surface area contributed by atoms with Gasteiger partial charge < -0.3 is 23.9 Å². The van der Waals surface area contributed by atoms with Crippen molar-refractivity contribution < 1.29 is 23.4 Å². The largest absolute Gasteiger partial charge is 0.483 e. The Hall–Kier alpha value is -2.97. The standard InChI is InChI=1S/C19H19N3O5/c23-19(21-9-14-10-24-6-7-25-14)16-11-27-18(22-16)12-26-17-3-1-2-13-8-20-5-4-15(13)17/h1-5,8,11,14H,6-7,9-10,12H2,(H,21,23)/t14-/m1/s1. The number of amides is 1. The molecule has 0 aliphatic carbocycles. The van der Waals surface area contributed by atoms with Crippen LogP contribution in [0.25, 0.3) is 10.8 Å². The first-order valence-electron chi connectivity index (χ1n) is 8.67. The molecule has 1 amide bonds. The second-order valence-corrected chi connectivity index (χ2v) is 6.05. The fourth-order valence-electron chi connectivity index (χ4n) is 2.79. The van der Waals surface area contributed by atoms with Crippen LogP contribution in [0.4, 0.5) is 0 Å². The predicted molar refractivity (Wildman–Crippen MR) is 95.5 cm³/mol. The van der Waals surface area contributed by atoms with Gasteiger partial charge in [0, 0.05) is 29.7 Å². The summed E-state index contributed by atoms with van der Waals surface area (Å²) in [4.78, 5) is 20.5. The SMILES string of the molecule is O=C(NC[C@@H]1COCCO1)c1coc(COc2cccc3cnccc23)n1. The number of hydrogen-bond donors (Lipinski definition) is 1. The summed E-state index contributed by atoms with van der Waals surface area (Å²) in [5, 5.41) is 4.70. The molecule has 0 radical (unpaired) electrons. The number of nitrogens with zero attached hydrogens (tertiary/aromatic N) is 2. The number of carbonyl (C=O) groups is 1. The highest BCUT2D eigenvalue weighted by atomic mass is 16.6. The highest BCUT2D eigenvalue weighted by Gasteiger charge is 2.18. The van der Waals surface area contributed by atoms with Crippen LogP contribution in [0.15, 0.2) is 47.3 Å². The van der Waals surface area contributed by atoms with Crippen LogP contribution in [0, 0.1) is 0 Å². The van der Waals surface area contributed by atoms with Crippen molar-refractivity contribution in [3.05, 3.63) is 54.5 Å². The Kier molecular flexibility index (Phi) is 5.27. The normalized spacial score (nSPS) is 17.0. The van der Waals surface area contributed by atoms with Crippen molar-refractivity contribution in [2.45, 2.75) is 12.7 Å². The van der Waals surface area contributed by atoms with Crippen LogP contribution in [-0.4, -0.2) is 48.3 Å². The van der Waals surface area contributed by atoms with Crippen LogP contribution in [0.5, 0.6) is 5.75 Å². The van der Waals surface area contributed by atoms with Gasteiger partial charge >= 0.3 is 0 Å². The lowest BCUT2D eigenvalue weighted by Gasteiger charge is -2.22. The third-order valence-corrected chi connectivity index (χ3v) is 4.15. The van der Waals surface area contributed by atoms with E-state index in [-0.39, 0.29) is 24.3 Å². The first-order valence-corrected chi connectivity index (χ1v) is 8.67. The molecule has 3 heterocycles. The van der Waals surface area contributed by atoms with Crippen molar-refractivity contribution in [1.29, 1.82) is 0 Å². The van der Waals surface area contributed by atoms with Gasteiger partial charge in [-0.3, -0.25) is 9.78 Å². The molecule has 3 aromatic rings. The summed E-state index contributed by atoms with van der Waals surface area (Å²) in [5.41, 5.74) is 0.201. The number of benzene rings is 1. The minimum Gasteiger partial charge on any atom is -0.483 e. The van der Waals surface area contributed by atoms with Crippen LogP contribution in [0.3, 0.4) is 0 Å². The smallest absolute Gasteiger partial charge is 0.273 e. The molecule has 140 valence electrons. The van der Waals surface area contributed by atoms with Crippen molar-refractivity contribution in [3.63, 3.8) is 0 Å². The Morgan fingerprint density at radius 3 is 3.15 bits per heavy atom. The fraction of sp³-hybridized carbons (Fsp3) is 0.316. The zero-order chi connectivity index (χ0) is 18.5. The second kappa shape index (κ2) is 8.15. The summed E-state index contributed by atoms with van der Waals surface area (Å²) in [6, 6.07) is 7.61. The van der Waals surface area contributed by atoms with Crippen molar-refractivity contribution in [2.24, 2.45) is 0 Å². The van der Waals surface area contributed by atoms with E-state index in [0.29, 0.717) is 38.0 Å². The highest BCUT2D eigenvalue weighted by molar-refractivity contribution is 5.91. The molecule has 1 saturated heterocycles. The van der Waals surface area contributed by atoms with Crippen molar-refractivity contribution >= 4 is 16.7 Å². The van der Waals surface area contributed by atoms with E-state index in [1.54, 1.807) is 12.4 Å². The topological polar surface area (TPSA) is 95.7 Å². The predicted octanol–water partition coefficient (Wildman–Crippen LogP) is 1.95. The summed E-state index contributed by atoms with van der Waals surface area (Å²) in [6.45, 7) is 2.08. The summed E-state index contributed by atoms with van der Waals surface area (Å²) < 4.78 is 21.9. The lowest BCUT2D eigenvalue weighted by atomic mass is 10.1. The number of aromatic nitrogens is 2. The van der Waals surface area contributed by atoms with Gasteiger partial charge in [-0.05, 0) is 12.1 Å². The Labute approximate surface area is 155 Å². The monoisotopic (exact) mass is 369 g/mol. The summed E-state index contributed by atoms with van der Waals surface area (Å²) >= 11 is 0. The quantitative estimate of drug-likeness (QED) is 0.709. The van der Waals surface area contributed by atoms with E-state index in [1.807, 2.05) is 24.3 Å². The minimum atomic E-state index is -0.324. The third kappa shape index (κ3) is 4.24. The fourth-order valence-corrected chi connectivity index (χ4v) is 2.79. The number of hydrogen-bond acceptors (Lipinski definition) is 7. The first-order chi connectivity index (χ1) is 13.3. The molecule has 0 spiro atoms. The maximum atomic E-state index is 12.2. The van der Waals surface area contributed by atoms with E-state index in [4.69, 9.17) is 18.6 Å². The molecule has 1 aromatic carbocycles. The van der Waals surface area contributed by atoms with E-state index in [2.05, 4.69) is 15.3 Å². The minimum absolute atomic E-state index is 0.119. The molecule has 8 nitrogen and oxygen atoms in total. The molecule has 0 saturated carbocycles. The molecule has 1 atom stereocenters. The van der Waals surface area contributed by atoms with E-state index >= 15 is 0 Å². The van der Waals surface area contributed by atoms with Crippen molar-refractivity contribution in [3.8, 4) is 5.75 Å². The Bertz CT molecular complexity index is 915. The highest BCUT2D eigenvalue weighted by Crippen LogP contribution is 2.25. The molecule has 8 heteroatoms. The number of rotatable bonds is 6. The van der Waals surface area contributed by atoms with Crippen LogP contribution < -0.4 is 10.1 Å². The number of pyridine rings is 1. The van der Waals surface area contributed by atoms with Gasteiger partial charge in [0.25, 0.3) is 5.91 Å². The second-order valence-electron chi connectivity index (χ2n) is 6.05. The van der Waals surface area contributed by atoms with Gasteiger partial charge in [0.05, 0.1) is 25.9 Å². The summed E-state index contributed by atoms with van der Waals surface area (Å²) in [7, 11) is 0. The number of ether oxygens (including phenoxy) is 3. The molecular formula is C19H19N3O5.